The number of halogens is 1. The predicted octanol–water partition coefficient (Wildman–Crippen LogP) is 3.99. The lowest BCUT2D eigenvalue weighted by Crippen LogP contribution is -2.17. The number of para-hydroxylation sites is 1. The van der Waals surface area contributed by atoms with Crippen LogP contribution in [0.1, 0.15) is 11.3 Å². The standard InChI is InChI=1S/C21H19FN4O/c1-14-11-20(26(24-14)17-9-7-16(22)8-10-17)23-21(27)12-15-13-25(2)19-6-4-3-5-18(15)19/h3-11,13H,12H2,1-2H3,(H,23,27). The number of amides is 1. The molecular formula is C21H19FN4O. The van der Waals surface area contributed by atoms with Crippen molar-refractivity contribution < 1.29 is 9.18 Å². The van der Waals surface area contributed by atoms with E-state index in [1.165, 1.54) is 12.1 Å². The average Bonchev–Trinajstić information content (AvgIpc) is 3.16. The van der Waals surface area contributed by atoms with E-state index in [1.807, 2.05) is 49.0 Å². The Morgan fingerprint density at radius 3 is 2.67 bits per heavy atom. The second-order valence-electron chi connectivity index (χ2n) is 6.57. The minimum absolute atomic E-state index is 0.130. The average molecular weight is 362 g/mol. The lowest BCUT2D eigenvalue weighted by Gasteiger charge is -2.09. The van der Waals surface area contributed by atoms with E-state index in [9.17, 15) is 9.18 Å². The smallest absolute Gasteiger partial charge is 0.230 e. The van der Waals surface area contributed by atoms with Crippen molar-refractivity contribution in [1.82, 2.24) is 14.3 Å². The molecule has 0 aliphatic rings. The number of nitrogens with zero attached hydrogens (tertiary/aromatic N) is 3. The van der Waals surface area contributed by atoms with Crippen molar-refractivity contribution >= 4 is 22.6 Å². The number of aromatic nitrogens is 3. The van der Waals surface area contributed by atoms with E-state index >= 15 is 0 Å². The topological polar surface area (TPSA) is 51.9 Å². The Labute approximate surface area is 156 Å². The van der Waals surface area contributed by atoms with Crippen LogP contribution in [0.3, 0.4) is 0 Å². The lowest BCUT2D eigenvalue weighted by molar-refractivity contribution is -0.115. The fraction of sp³-hybridized carbons (Fsp3) is 0.143. The van der Waals surface area contributed by atoms with Gasteiger partial charge in [0.25, 0.3) is 0 Å². The van der Waals surface area contributed by atoms with Crippen molar-refractivity contribution in [3.63, 3.8) is 0 Å². The molecule has 4 aromatic rings. The summed E-state index contributed by atoms with van der Waals surface area (Å²) < 4.78 is 16.8. The van der Waals surface area contributed by atoms with Gasteiger partial charge in [0.2, 0.25) is 5.91 Å². The van der Waals surface area contributed by atoms with Crippen LogP contribution in [0.4, 0.5) is 10.2 Å². The minimum Gasteiger partial charge on any atom is -0.350 e. The van der Waals surface area contributed by atoms with Gasteiger partial charge < -0.3 is 9.88 Å². The van der Waals surface area contributed by atoms with Crippen LogP contribution in [0, 0.1) is 12.7 Å². The fourth-order valence-corrected chi connectivity index (χ4v) is 3.29. The molecule has 1 amide bonds. The van der Waals surface area contributed by atoms with E-state index in [4.69, 9.17) is 0 Å². The molecule has 2 aromatic carbocycles. The molecular weight excluding hydrogens is 343 g/mol. The zero-order chi connectivity index (χ0) is 19.0. The summed E-state index contributed by atoms with van der Waals surface area (Å²) in [6.45, 7) is 1.85. The fourth-order valence-electron chi connectivity index (χ4n) is 3.29. The Morgan fingerprint density at radius 1 is 1.15 bits per heavy atom. The molecule has 0 bridgehead atoms. The summed E-state index contributed by atoms with van der Waals surface area (Å²) in [7, 11) is 1.97. The largest absolute Gasteiger partial charge is 0.350 e. The highest BCUT2D eigenvalue weighted by atomic mass is 19.1. The minimum atomic E-state index is -0.316. The number of benzene rings is 2. The first-order chi connectivity index (χ1) is 13.0. The van der Waals surface area contributed by atoms with Crippen molar-refractivity contribution in [2.75, 3.05) is 5.32 Å². The van der Waals surface area contributed by atoms with Gasteiger partial charge in [-0.2, -0.15) is 5.10 Å². The van der Waals surface area contributed by atoms with Gasteiger partial charge in [-0.3, -0.25) is 4.79 Å². The van der Waals surface area contributed by atoms with Crippen LogP contribution in [0.5, 0.6) is 0 Å². The molecule has 0 saturated heterocycles. The zero-order valence-corrected chi connectivity index (χ0v) is 15.1. The van der Waals surface area contributed by atoms with Crippen molar-refractivity contribution in [3.05, 3.63) is 77.9 Å². The third-order valence-corrected chi connectivity index (χ3v) is 4.50. The van der Waals surface area contributed by atoms with Crippen LogP contribution >= 0.6 is 0 Å². The molecule has 0 fully saturated rings. The van der Waals surface area contributed by atoms with Crippen LogP contribution in [-0.2, 0) is 18.3 Å². The summed E-state index contributed by atoms with van der Waals surface area (Å²) >= 11 is 0. The first-order valence-corrected chi connectivity index (χ1v) is 8.66. The van der Waals surface area contributed by atoms with Gasteiger partial charge in [-0.15, -0.1) is 0 Å². The van der Waals surface area contributed by atoms with Gasteiger partial charge in [0, 0.05) is 30.2 Å². The van der Waals surface area contributed by atoms with Crippen molar-refractivity contribution in [1.29, 1.82) is 0 Å². The molecule has 0 saturated carbocycles. The quantitative estimate of drug-likeness (QED) is 0.597. The molecule has 5 nitrogen and oxygen atoms in total. The van der Waals surface area contributed by atoms with Gasteiger partial charge in [-0.25, -0.2) is 9.07 Å². The van der Waals surface area contributed by atoms with Crippen molar-refractivity contribution in [2.24, 2.45) is 7.05 Å². The number of rotatable bonds is 4. The van der Waals surface area contributed by atoms with Gasteiger partial charge in [0.1, 0.15) is 11.6 Å². The second kappa shape index (κ2) is 6.72. The normalized spacial score (nSPS) is 11.1. The molecule has 4 rings (SSSR count). The highest BCUT2D eigenvalue weighted by Gasteiger charge is 2.14. The van der Waals surface area contributed by atoms with Crippen LogP contribution in [-0.4, -0.2) is 20.3 Å². The molecule has 0 atom stereocenters. The predicted molar refractivity (Wildman–Crippen MR) is 104 cm³/mol. The Bertz CT molecular complexity index is 1130. The number of fused-ring (bicyclic) bond motifs is 1. The maximum atomic E-state index is 13.2. The van der Waals surface area contributed by atoms with E-state index in [0.29, 0.717) is 11.5 Å². The van der Waals surface area contributed by atoms with Crippen molar-refractivity contribution in [3.8, 4) is 5.69 Å². The molecule has 6 heteroatoms. The van der Waals surface area contributed by atoms with Gasteiger partial charge >= 0.3 is 0 Å². The maximum absolute atomic E-state index is 13.2. The number of carbonyl (C=O) groups excluding carboxylic acids is 1. The van der Waals surface area contributed by atoms with E-state index in [1.54, 1.807) is 22.9 Å². The van der Waals surface area contributed by atoms with Crippen LogP contribution in [0.15, 0.2) is 60.8 Å². The summed E-state index contributed by atoms with van der Waals surface area (Å²) in [6, 6.07) is 15.8. The van der Waals surface area contributed by atoms with E-state index in [-0.39, 0.29) is 18.1 Å². The van der Waals surface area contributed by atoms with E-state index in [0.717, 1.165) is 22.2 Å². The lowest BCUT2D eigenvalue weighted by atomic mass is 10.1. The van der Waals surface area contributed by atoms with Crippen LogP contribution in [0.25, 0.3) is 16.6 Å². The highest BCUT2D eigenvalue weighted by molar-refractivity contribution is 5.95. The monoisotopic (exact) mass is 362 g/mol. The number of anilines is 1. The maximum Gasteiger partial charge on any atom is 0.230 e. The summed E-state index contributed by atoms with van der Waals surface area (Å²) in [4.78, 5) is 12.7. The Hall–Kier alpha value is -3.41. The number of hydrogen-bond acceptors (Lipinski definition) is 2. The van der Waals surface area contributed by atoms with Crippen molar-refractivity contribution in [2.45, 2.75) is 13.3 Å². The summed E-state index contributed by atoms with van der Waals surface area (Å²) in [5.41, 5.74) is 3.51. The molecule has 1 N–H and O–H groups in total. The first-order valence-electron chi connectivity index (χ1n) is 8.66. The molecule has 0 aliphatic carbocycles. The van der Waals surface area contributed by atoms with E-state index < -0.39 is 0 Å². The van der Waals surface area contributed by atoms with Crippen LogP contribution < -0.4 is 5.32 Å². The SMILES string of the molecule is Cc1cc(NC(=O)Cc2cn(C)c3ccccc23)n(-c2ccc(F)cc2)n1. The van der Waals surface area contributed by atoms with Gasteiger partial charge in [0.05, 0.1) is 17.8 Å². The third kappa shape index (κ3) is 3.33. The number of hydrogen-bond donors (Lipinski definition) is 1. The van der Waals surface area contributed by atoms with Gasteiger partial charge in [0.15, 0.2) is 0 Å². The zero-order valence-electron chi connectivity index (χ0n) is 15.1. The Kier molecular flexibility index (Phi) is 4.24. The molecule has 2 heterocycles. The molecule has 2 aromatic heterocycles. The molecule has 27 heavy (non-hydrogen) atoms. The van der Waals surface area contributed by atoms with E-state index in [2.05, 4.69) is 10.4 Å². The Balaban J connectivity index is 1.59. The molecule has 0 aliphatic heterocycles. The number of nitrogens with one attached hydrogen (secondary N) is 1. The number of carbonyl (C=O) groups is 1. The highest BCUT2D eigenvalue weighted by Crippen LogP contribution is 2.22. The molecule has 0 unspecified atom stereocenters. The molecule has 136 valence electrons. The Morgan fingerprint density at radius 2 is 1.89 bits per heavy atom. The first kappa shape index (κ1) is 17.0. The second-order valence-corrected chi connectivity index (χ2v) is 6.57. The molecule has 0 spiro atoms. The number of aryl methyl sites for hydroxylation is 2. The molecule has 0 radical (unpaired) electrons. The van der Waals surface area contributed by atoms with Gasteiger partial charge in [-0.05, 0) is 42.8 Å². The summed E-state index contributed by atoms with van der Waals surface area (Å²) in [5.74, 6) is 0.114. The van der Waals surface area contributed by atoms with Gasteiger partial charge in [-0.1, -0.05) is 18.2 Å². The van der Waals surface area contributed by atoms with Crippen LogP contribution in [0.2, 0.25) is 0 Å². The third-order valence-electron chi connectivity index (χ3n) is 4.50. The summed E-state index contributed by atoms with van der Waals surface area (Å²) in [5, 5.41) is 8.39. The summed E-state index contributed by atoms with van der Waals surface area (Å²) in [6.07, 6.45) is 2.24.